The fourth-order valence-electron chi connectivity index (χ4n) is 4.40. The van der Waals surface area contributed by atoms with E-state index in [9.17, 15) is 19.2 Å². The van der Waals surface area contributed by atoms with Crippen LogP contribution in [0.25, 0.3) is 0 Å². The summed E-state index contributed by atoms with van der Waals surface area (Å²) in [6.07, 6.45) is 1.77. The van der Waals surface area contributed by atoms with Gasteiger partial charge in [0.15, 0.2) is 12.4 Å². The van der Waals surface area contributed by atoms with Crippen LogP contribution in [-0.2, 0) is 9.53 Å². The maximum atomic E-state index is 12.5. The van der Waals surface area contributed by atoms with E-state index in [0.29, 0.717) is 22.5 Å². The van der Waals surface area contributed by atoms with Crippen LogP contribution < -0.4 is 10.2 Å². The zero-order chi connectivity index (χ0) is 21.6. The van der Waals surface area contributed by atoms with Crippen molar-refractivity contribution in [2.45, 2.75) is 39.7 Å². The van der Waals surface area contributed by atoms with E-state index < -0.39 is 18.4 Å². The maximum Gasteiger partial charge on any atom is 0.338 e. The molecule has 0 spiro atoms. The molecule has 0 aliphatic carbocycles. The highest BCUT2D eigenvalue weighted by molar-refractivity contribution is 6.06. The SMILES string of the molecule is CC(=O)c1c(C)[nH]c(C(=O)COC(=O)c2ccc3c(c2)NC(=O)[C@@H]2CCCN32)c1C. The average molecular weight is 409 g/mol. The number of carbonyl (C=O) groups is 4. The molecule has 4 rings (SSSR count). The number of fused-ring (bicyclic) bond motifs is 3. The first-order chi connectivity index (χ1) is 14.3. The van der Waals surface area contributed by atoms with Crippen LogP contribution in [0.5, 0.6) is 0 Å². The van der Waals surface area contributed by atoms with Gasteiger partial charge in [-0.05, 0) is 57.4 Å². The van der Waals surface area contributed by atoms with E-state index in [1.54, 1.807) is 32.0 Å². The van der Waals surface area contributed by atoms with Gasteiger partial charge in [0.1, 0.15) is 6.04 Å². The quantitative estimate of drug-likeness (QED) is 0.581. The van der Waals surface area contributed by atoms with E-state index in [0.717, 1.165) is 25.1 Å². The molecule has 8 heteroatoms. The van der Waals surface area contributed by atoms with Crippen LogP contribution in [0.1, 0.15) is 62.2 Å². The van der Waals surface area contributed by atoms with Gasteiger partial charge in [-0.25, -0.2) is 4.79 Å². The standard InChI is InChI=1S/C22H23N3O5/c1-11-19(13(3)26)12(2)23-20(11)18(27)10-30-22(29)14-6-7-16-15(9-14)24-21(28)17-5-4-8-25(16)17/h6-7,9,17,23H,4-5,8,10H2,1-3H3,(H,24,28)/t17-/m0/s1. The lowest BCUT2D eigenvalue weighted by Gasteiger charge is -2.33. The van der Waals surface area contributed by atoms with Crippen LogP contribution in [0, 0.1) is 13.8 Å². The first-order valence-corrected chi connectivity index (χ1v) is 9.90. The van der Waals surface area contributed by atoms with Gasteiger partial charge in [0, 0.05) is 17.8 Å². The lowest BCUT2D eigenvalue weighted by atomic mass is 10.1. The lowest BCUT2D eigenvalue weighted by Crippen LogP contribution is -2.43. The van der Waals surface area contributed by atoms with E-state index in [2.05, 4.69) is 15.2 Å². The van der Waals surface area contributed by atoms with Crippen LogP contribution >= 0.6 is 0 Å². The predicted octanol–water partition coefficient (Wildman–Crippen LogP) is 2.79. The third-order valence-corrected chi connectivity index (χ3v) is 5.76. The number of aromatic amines is 1. The number of hydrogen-bond donors (Lipinski definition) is 2. The summed E-state index contributed by atoms with van der Waals surface area (Å²) in [5.74, 6) is -1.27. The molecule has 2 N–H and O–H groups in total. The van der Waals surface area contributed by atoms with Gasteiger partial charge < -0.3 is 19.9 Å². The van der Waals surface area contributed by atoms with E-state index in [-0.39, 0.29) is 29.0 Å². The number of nitrogens with zero attached hydrogens (tertiary/aromatic N) is 1. The summed E-state index contributed by atoms with van der Waals surface area (Å²) in [7, 11) is 0. The Labute approximate surface area is 173 Å². The van der Waals surface area contributed by atoms with Gasteiger partial charge >= 0.3 is 5.97 Å². The van der Waals surface area contributed by atoms with Crippen molar-refractivity contribution >= 4 is 34.8 Å². The summed E-state index contributed by atoms with van der Waals surface area (Å²) < 4.78 is 5.19. The Balaban J connectivity index is 1.47. The second kappa shape index (κ2) is 7.44. The van der Waals surface area contributed by atoms with Crippen molar-refractivity contribution in [3.8, 4) is 0 Å². The molecule has 8 nitrogen and oxygen atoms in total. The van der Waals surface area contributed by atoms with Crippen molar-refractivity contribution in [2.24, 2.45) is 0 Å². The van der Waals surface area contributed by atoms with Crippen LogP contribution in [0.2, 0.25) is 0 Å². The first kappa shape index (κ1) is 19.9. The summed E-state index contributed by atoms with van der Waals surface area (Å²) in [6.45, 7) is 5.21. The molecule has 2 aromatic rings. The number of carbonyl (C=O) groups excluding carboxylic acids is 4. The average Bonchev–Trinajstić information content (AvgIpc) is 3.30. The number of aryl methyl sites for hydroxylation is 1. The smallest absolute Gasteiger partial charge is 0.338 e. The summed E-state index contributed by atoms with van der Waals surface area (Å²) in [5, 5.41) is 2.85. The fourth-order valence-corrected chi connectivity index (χ4v) is 4.40. The monoisotopic (exact) mass is 409 g/mol. The van der Waals surface area contributed by atoms with Crippen molar-refractivity contribution in [3.63, 3.8) is 0 Å². The molecule has 1 atom stereocenters. The second-order valence-electron chi connectivity index (χ2n) is 7.75. The molecular formula is C22H23N3O5. The molecule has 0 unspecified atom stereocenters. The summed E-state index contributed by atoms with van der Waals surface area (Å²) in [6, 6.07) is 4.85. The number of aromatic nitrogens is 1. The van der Waals surface area contributed by atoms with Crippen LogP contribution in [0.4, 0.5) is 11.4 Å². The number of hydrogen-bond acceptors (Lipinski definition) is 6. The van der Waals surface area contributed by atoms with Crippen LogP contribution in [0.15, 0.2) is 18.2 Å². The highest BCUT2D eigenvalue weighted by Gasteiger charge is 2.36. The normalized spacial score (nSPS) is 17.2. The number of benzene rings is 1. The summed E-state index contributed by atoms with van der Waals surface area (Å²) in [4.78, 5) is 53.9. The largest absolute Gasteiger partial charge is 0.454 e. The molecule has 2 aliphatic heterocycles. The molecule has 1 aromatic carbocycles. The Kier molecular flexibility index (Phi) is 4.93. The van der Waals surface area contributed by atoms with Gasteiger partial charge in [-0.3, -0.25) is 14.4 Å². The molecule has 0 bridgehead atoms. The maximum absolute atomic E-state index is 12.5. The van der Waals surface area contributed by atoms with Gasteiger partial charge in [0.2, 0.25) is 11.7 Å². The summed E-state index contributed by atoms with van der Waals surface area (Å²) >= 11 is 0. The molecule has 30 heavy (non-hydrogen) atoms. The van der Waals surface area contributed by atoms with Crippen molar-refractivity contribution in [1.29, 1.82) is 0 Å². The molecule has 1 amide bonds. The summed E-state index contributed by atoms with van der Waals surface area (Å²) in [5.41, 5.74) is 3.62. The van der Waals surface area contributed by atoms with Crippen molar-refractivity contribution in [1.82, 2.24) is 4.98 Å². The number of Topliss-reactive ketones (excluding diaryl/α,β-unsaturated/α-hetero) is 2. The van der Waals surface area contributed by atoms with Crippen LogP contribution in [0.3, 0.4) is 0 Å². The number of esters is 1. The highest BCUT2D eigenvalue weighted by Crippen LogP contribution is 2.37. The first-order valence-electron chi connectivity index (χ1n) is 9.90. The van der Waals surface area contributed by atoms with Gasteiger partial charge in [-0.1, -0.05) is 0 Å². The van der Waals surface area contributed by atoms with Gasteiger partial charge in [0.25, 0.3) is 0 Å². The topological polar surface area (TPSA) is 109 Å². The Bertz CT molecular complexity index is 1080. The molecular weight excluding hydrogens is 386 g/mol. The van der Waals surface area contributed by atoms with Crippen LogP contribution in [-0.4, -0.2) is 47.6 Å². The molecule has 1 fully saturated rings. The van der Waals surface area contributed by atoms with Gasteiger partial charge in [0.05, 0.1) is 22.6 Å². The van der Waals surface area contributed by atoms with E-state index in [1.165, 1.54) is 6.92 Å². The predicted molar refractivity (Wildman–Crippen MR) is 110 cm³/mol. The van der Waals surface area contributed by atoms with E-state index in [4.69, 9.17) is 4.74 Å². The minimum atomic E-state index is -0.656. The number of ketones is 2. The van der Waals surface area contributed by atoms with Crippen molar-refractivity contribution < 1.29 is 23.9 Å². The van der Waals surface area contributed by atoms with E-state index >= 15 is 0 Å². The number of rotatable bonds is 5. The van der Waals surface area contributed by atoms with Gasteiger partial charge in [-0.2, -0.15) is 0 Å². The molecule has 1 aromatic heterocycles. The Hall–Kier alpha value is -3.42. The zero-order valence-corrected chi connectivity index (χ0v) is 17.1. The van der Waals surface area contributed by atoms with Crippen molar-refractivity contribution in [2.75, 3.05) is 23.4 Å². The number of nitrogens with one attached hydrogen (secondary N) is 2. The minimum absolute atomic E-state index is 0.0699. The highest BCUT2D eigenvalue weighted by atomic mass is 16.5. The Morgan fingerprint density at radius 2 is 2.00 bits per heavy atom. The van der Waals surface area contributed by atoms with Gasteiger partial charge in [-0.15, -0.1) is 0 Å². The van der Waals surface area contributed by atoms with Crippen molar-refractivity contribution in [3.05, 3.63) is 46.3 Å². The third kappa shape index (κ3) is 3.28. The molecule has 0 radical (unpaired) electrons. The number of anilines is 2. The Morgan fingerprint density at radius 3 is 2.70 bits per heavy atom. The number of ether oxygens (including phenoxy) is 1. The Morgan fingerprint density at radius 1 is 1.23 bits per heavy atom. The zero-order valence-electron chi connectivity index (χ0n) is 17.1. The van der Waals surface area contributed by atoms with E-state index in [1.807, 2.05) is 0 Å². The molecule has 3 heterocycles. The number of H-pyrrole nitrogens is 1. The molecule has 2 aliphatic rings. The fraction of sp³-hybridized carbons (Fsp3) is 0.364. The number of amides is 1. The lowest BCUT2D eigenvalue weighted by molar-refractivity contribution is -0.117. The second-order valence-corrected chi connectivity index (χ2v) is 7.75. The molecule has 1 saturated heterocycles. The molecule has 156 valence electrons. The third-order valence-electron chi connectivity index (χ3n) is 5.76. The minimum Gasteiger partial charge on any atom is -0.454 e. The molecule has 0 saturated carbocycles.